The number of aliphatic hydroxyl groups is 1. The quantitative estimate of drug-likeness (QED) is 0.724. The molecule has 3 N–H and O–H groups in total. The fraction of sp³-hybridized carbons (Fsp3) is 0.467. The molecule has 0 saturated carbocycles. The lowest BCUT2D eigenvalue weighted by molar-refractivity contribution is -0.123. The molecule has 0 saturated heterocycles. The zero-order valence-electron chi connectivity index (χ0n) is 12.1. The maximum absolute atomic E-state index is 11.9. The average Bonchev–Trinajstić information content (AvgIpc) is 2.44. The van der Waals surface area contributed by atoms with E-state index in [0.29, 0.717) is 5.56 Å². The zero-order chi connectivity index (χ0) is 15.1. The molecule has 0 aromatic heterocycles. The Morgan fingerprint density at radius 3 is 2.20 bits per heavy atom. The minimum Gasteiger partial charge on any atom is -0.394 e. The van der Waals surface area contributed by atoms with E-state index in [-0.39, 0.29) is 30.4 Å². The van der Waals surface area contributed by atoms with Gasteiger partial charge in [0.2, 0.25) is 5.91 Å². The summed E-state index contributed by atoms with van der Waals surface area (Å²) in [4.78, 5) is 23.9. The first-order valence-electron chi connectivity index (χ1n) is 6.72. The van der Waals surface area contributed by atoms with Crippen LogP contribution in [0.3, 0.4) is 0 Å². The van der Waals surface area contributed by atoms with Crippen molar-refractivity contribution < 1.29 is 14.7 Å². The lowest BCUT2D eigenvalue weighted by Gasteiger charge is -2.22. The Balaban J connectivity index is 2.56. The lowest BCUT2D eigenvalue weighted by Crippen LogP contribution is -2.50. The molecular formula is C15H22N2O3. The minimum absolute atomic E-state index is 0.122. The number of hydrogen-bond acceptors (Lipinski definition) is 3. The standard InChI is InChI=1S/C15H22N2O3/c1-10(2)13(9-18)17-14(19)11(3)16-15(20)12-7-5-4-6-8-12/h4-8,10-11,13,18H,9H2,1-3H3,(H,16,20)(H,17,19)/t11?,13-/m1/s1. The van der Waals surface area contributed by atoms with Crippen molar-refractivity contribution in [3.63, 3.8) is 0 Å². The highest BCUT2D eigenvalue weighted by atomic mass is 16.3. The van der Waals surface area contributed by atoms with Gasteiger partial charge in [0.15, 0.2) is 0 Å². The topological polar surface area (TPSA) is 78.4 Å². The molecule has 2 atom stereocenters. The van der Waals surface area contributed by atoms with Gasteiger partial charge in [-0.1, -0.05) is 32.0 Å². The summed E-state index contributed by atoms with van der Waals surface area (Å²) < 4.78 is 0. The largest absolute Gasteiger partial charge is 0.394 e. The van der Waals surface area contributed by atoms with Crippen molar-refractivity contribution in [3.05, 3.63) is 35.9 Å². The summed E-state index contributed by atoms with van der Waals surface area (Å²) in [7, 11) is 0. The van der Waals surface area contributed by atoms with E-state index in [2.05, 4.69) is 10.6 Å². The van der Waals surface area contributed by atoms with Gasteiger partial charge in [0.1, 0.15) is 6.04 Å². The maximum Gasteiger partial charge on any atom is 0.251 e. The number of nitrogens with one attached hydrogen (secondary N) is 2. The van der Waals surface area contributed by atoms with Gasteiger partial charge in [-0.05, 0) is 25.0 Å². The van der Waals surface area contributed by atoms with E-state index >= 15 is 0 Å². The van der Waals surface area contributed by atoms with Crippen molar-refractivity contribution in [1.82, 2.24) is 10.6 Å². The van der Waals surface area contributed by atoms with E-state index in [1.807, 2.05) is 19.9 Å². The molecule has 0 aliphatic carbocycles. The third-order valence-corrected chi connectivity index (χ3v) is 3.11. The van der Waals surface area contributed by atoms with Gasteiger partial charge in [0, 0.05) is 5.56 Å². The van der Waals surface area contributed by atoms with E-state index < -0.39 is 6.04 Å². The van der Waals surface area contributed by atoms with Crippen molar-refractivity contribution in [2.75, 3.05) is 6.61 Å². The van der Waals surface area contributed by atoms with Gasteiger partial charge in [-0.15, -0.1) is 0 Å². The Hall–Kier alpha value is -1.88. The molecule has 110 valence electrons. The van der Waals surface area contributed by atoms with E-state index in [0.717, 1.165) is 0 Å². The molecular weight excluding hydrogens is 256 g/mol. The second-order valence-corrected chi connectivity index (χ2v) is 5.10. The zero-order valence-corrected chi connectivity index (χ0v) is 12.1. The number of hydrogen-bond donors (Lipinski definition) is 3. The Labute approximate surface area is 119 Å². The van der Waals surface area contributed by atoms with E-state index in [9.17, 15) is 14.7 Å². The predicted octanol–water partition coefficient (Wildman–Crippen LogP) is 0.938. The number of rotatable bonds is 6. The van der Waals surface area contributed by atoms with Crippen LogP contribution in [0, 0.1) is 5.92 Å². The lowest BCUT2D eigenvalue weighted by atomic mass is 10.1. The highest BCUT2D eigenvalue weighted by Crippen LogP contribution is 2.02. The number of amides is 2. The van der Waals surface area contributed by atoms with Gasteiger partial charge in [-0.25, -0.2) is 0 Å². The molecule has 2 amide bonds. The van der Waals surface area contributed by atoms with Gasteiger partial charge in [-0.2, -0.15) is 0 Å². The molecule has 1 aromatic carbocycles. The fourth-order valence-corrected chi connectivity index (χ4v) is 1.67. The molecule has 5 heteroatoms. The predicted molar refractivity (Wildman–Crippen MR) is 77.2 cm³/mol. The third-order valence-electron chi connectivity index (χ3n) is 3.11. The average molecular weight is 278 g/mol. The van der Waals surface area contributed by atoms with Crippen LogP contribution >= 0.6 is 0 Å². The molecule has 1 rings (SSSR count). The first-order chi connectivity index (χ1) is 9.45. The molecule has 0 heterocycles. The van der Waals surface area contributed by atoms with Crippen LogP contribution in [0.15, 0.2) is 30.3 Å². The van der Waals surface area contributed by atoms with Gasteiger partial charge in [0.05, 0.1) is 12.6 Å². The molecule has 0 aliphatic heterocycles. The summed E-state index contributed by atoms with van der Waals surface area (Å²) in [6.07, 6.45) is 0. The number of carbonyl (C=O) groups excluding carboxylic acids is 2. The summed E-state index contributed by atoms with van der Waals surface area (Å²) in [6.45, 7) is 5.32. The van der Waals surface area contributed by atoms with E-state index in [1.54, 1.807) is 31.2 Å². The number of carbonyl (C=O) groups is 2. The minimum atomic E-state index is -0.657. The van der Waals surface area contributed by atoms with Crippen LogP contribution < -0.4 is 10.6 Å². The third kappa shape index (κ3) is 4.66. The summed E-state index contributed by atoms with van der Waals surface area (Å²) in [6, 6.07) is 7.76. The van der Waals surface area contributed by atoms with Gasteiger partial charge < -0.3 is 15.7 Å². The molecule has 1 aromatic rings. The van der Waals surface area contributed by atoms with Crippen LogP contribution in [-0.4, -0.2) is 35.6 Å². The van der Waals surface area contributed by atoms with Crippen LogP contribution in [0.1, 0.15) is 31.1 Å². The summed E-state index contributed by atoms with van der Waals surface area (Å²) in [5, 5.41) is 14.5. The van der Waals surface area contributed by atoms with Crippen molar-refractivity contribution in [3.8, 4) is 0 Å². The molecule has 0 spiro atoms. The van der Waals surface area contributed by atoms with Crippen LogP contribution in [0.2, 0.25) is 0 Å². The number of benzene rings is 1. The molecule has 0 fully saturated rings. The fourth-order valence-electron chi connectivity index (χ4n) is 1.67. The Morgan fingerprint density at radius 1 is 1.10 bits per heavy atom. The van der Waals surface area contributed by atoms with Crippen molar-refractivity contribution in [2.45, 2.75) is 32.9 Å². The van der Waals surface area contributed by atoms with Crippen LogP contribution in [0.25, 0.3) is 0 Å². The smallest absolute Gasteiger partial charge is 0.251 e. The molecule has 20 heavy (non-hydrogen) atoms. The van der Waals surface area contributed by atoms with Crippen molar-refractivity contribution in [1.29, 1.82) is 0 Å². The monoisotopic (exact) mass is 278 g/mol. The van der Waals surface area contributed by atoms with E-state index in [1.165, 1.54) is 0 Å². The van der Waals surface area contributed by atoms with Crippen molar-refractivity contribution in [2.24, 2.45) is 5.92 Å². The second kappa shape index (κ2) is 7.65. The molecule has 5 nitrogen and oxygen atoms in total. The molecule has 1 unspecified atom stereocenters. The molecule has 0 bridgehead atoms. The van der Waals surface area contributed by atoms with Gasteiger partial charge >= 0.3 is 0 Å². The highest BCUT2D eigenvalue weighted by Gasteiger charge is 2.21. The molecule has 0 radical (unpaired) electrons. The first-order valence-corrected chi connectivity index (χ1v) is 6.72. The van der Waals surface area contributed by atoms with Crippen LogP contribution in [-0.2, 0) is 4.79 Å². The van der Waals surface area contributed by atoms with Crippen molar-refractivity contribution >= 4 is 11.8 Å². The Kier molecular flexibility index (Phi) is 6.18. The van der Waals surface area contributed by atoms with Gasteiger partial charge in [0.25, 0.3) is 5.91 Å². The normalized spacial score (nSPS) is 13.7. The first kappa shape index (κ1) is 16.2. The summed E-state index contributed by atoms with van der Waals surface area (Å²) >= 11 is 0. The molecule has 0 aliphatic rings. The second-order valence-electron chi connectivity index (χ2n) is 5.10. The Bertz CT molecular complexity index is 446. The SMILES string of the molecule is CC(NC(=O)c1ccccc1)C(=O)N[C@H](CO)C(C)C. The highest BCUT2D eigenvalue weighted by molar-refractivity contribution is 5.97. The summed E-state index contributed by atoms with van der Waals surface area (Å²) in [5.41, 5.74) is 0.509. The Morgan fingerprint density at radius 2 is 1.70 bits per heavy atom. The van der Waals surface area contributed by atoms with E-state index in [4.69, 9.17) is 0 Å². The summed E-state index contributed by atoms with van der Waals surface area (Å²) in [5.74, 6) is -0.471. The van der Waals surface area contributed by atoms with Crippen LogP contribution in [0.4, 0.5) is 0 Å². The number of aliphatic hydroxyl groups excluding tert-OH is 1. The van der Waals surface area contributed by atoms with Crippen LogP contribution in [0.5, 0.6) is 0 Å². The van der Waals surface area contributed by atoms with Gasteiger partial charge in [-0.3, -0.25) is 9.59 Å². The maximum atomic E-state index is 11.9.